The highest BCUT2D eigenvalue weighted by atomic mass is 32.2. The van der Waals surface area contributed by atoms with E-state index in [1.54, 1.807) is 24.3 Å². The fourth-order valence-electron chi connectivity index (χ4n) is 3.39. The second-order valence-corrected chi connectivity index (χ2v) is 9.41. The zero-order valence-corrected chi connectivity index (χ0v) is 18.9. The highest BCUT2D eigenvalue weighted by molar-refractivity contribution is 7.92. The van der Waals surface area contributed by atoms with Gasteiger partial charge in [-0.15, -0.1) is 0 Å². The first-order chi connectivity index (χ1) is 14.6. The van der Waals surface area contributed by atoms with Gasteiger partial charge < -0.3 is 10.1 Å². The predicted octanol–water partition coefficient (Wildman–Crippen LogP) is 4.81. The van der Waals surface area contributed by atoms with Crippen molar-refractivity contribution >= 4 is 27.3 Å². The molecule has 1 amide bonds. The van der Waals surface area contributed by atoms with Crippen LogP contribution >= 0.6 is 0 Å². The van der Waals surface area contributed by atoms with Crippen LogP contribution in [0.1, 0.15) is 16.7 Å². The standard InChI is InChI=1S/C24H26N2O4S/c1-17-14-18(2)24(19(3)15-17)25-23(27)16-26(31(4,28)29)20-10-12-22(13-11-20)30-21-8-6-5-7-9-21/h5-15H,16H2,1-4H3,(H,25,27). The van der Waals surface area contributed by atoms with Crippen molar-refractivity contribution in [3.63, 3.8) is 0 Å². The summed E-state index contributed by atoms with van der Waals surface area (Å²) in [5, 5.41) is 2.85. The summed E-state index contributed by atoms with van der Waals surface area (Å²) in [6.45, 7) is 5.48. The zero-order valence-electron chi connectivity index (χ0n) is 18.0. The molecule has 31 heavy (non-hydrogen) atoms. The zero-order chi connectivity index (χ0) is 22.6. The van der Waals surface area contributed by atoms with Crippen molar-refractivity contribution < 1.29 is 17.9 Å². The quantitative estimate of drug-likeness (QED) is 0.574. The van der Waals surface area contributed by atoms with E-state index in [9.17, 15) is 13.2 Å². The highest BCUT2D eigenvalue weighted by Gasteiger charge is 2.21. The summed E-state index contributed by atoms with van der Waals surface area (Å²) in [4.78, 5) is 12.7. The van der Waals surface area contributed by atoms with Crippen LogP contribution in [0, 0.1) is 20.8 Å². The maximum Gasteiger partial charge on any atom is 0.245 e. The summed E-state index contributed by atoms with van der Waals surface area (Å²) >= 11 is 0. The Labute approximate surface area is 183 Å². The van der Waals surface area contributed by atoms with Crippen LogP contribution in [0.2, 0.25) is 0 Å². The summed E-state index contributed by atoms with van der Waals surface area (Å²) in [6.07, 6.45) is 1.08. The predicted molar refractivity (Wildman–Crippen MR) is 124 cm³/mol. The van der Waals surface area contributed by atoms with E-state index in [-0.39, 0.29) is 6.54 Å². The molecule has 3 aromatic rings. The molecule has 7 heteroatoms. The number of benzene rings is 3. The van der Waals surface area contributed by atoms with Gasteiger partial charge in [0.1, 0.15) is 18.0 Å². The maximum absolute atomic E-state index is 12.7. The summed E-state index contributed by atoms with van der Waals surface area (Å²) in [6, 6.07) is 19.8. The van der Waals surface area contributed by atoms with Gasteiger partial charge in [0.05, 0.1) is 11.9 Å². The number of carbonyl (C=O) groups is 1. The van der Waals surface area contributed by atoms with Gasteiger partial charge in [0.25, 0.3) is 0 Å². The Morgan fingerprint density at radius 2 is 1.45 bits per heavy atom. The number of nitrogens with one attached hydrogen (secondary N) is 1. The first-order valence-corrected chi connectivity index (χ1v) is 11.7. The van der Waals surface area contributed by atoms with Crippen molar-refractivity contribution in [1.82, 2.24) is 0 Å². The molecule has 0 aliphatic heterocycles. The van der Waals surface area contributed by atoms with E-state index >= 15 is 0 Å². The van der Waals surface area contributed by atoms with Gasteiger partial charge >= 0.3 is 0 Å². The highest BCUT2D eigenvalue weighted by Crippen LogP contribution is 2.26. The molecular formula is C24H26N2O4S. The maximum atomic E-state index is 12.7. The molecule has 0 bridgehead atoms. The van der Waals surface area contributed by atoms with Crippen LogP contribution in [0.25, 0.3) is 0 Å². The molecule has 0 fully saturated rings. The fourth-order valence-corrected chi connectivity index (χ4v) is 4.25. The van der Waals surface area contributed by atoms with Crippen LogP contribution in [0.5, 0.6) is 11.5 Å². The van der Waals surface area contributed by atoms with E-state index in [0.717, 1.165) is 27.3 Å². The molecule has 0 spiro atoms. The lowest BCUT2D eigenvalue weighted by Crippen LogP contribution is -2.37. The number of ether oxygens (including phenoxy) is 1. The van der Waals surface area contributed by atoms with Crippen LogP contribution in [-0.2, 0) is 14.8 Å². The number of nitrogens with zero attached hydrogens (tertiary/aromatic N) is 1. The average molecular weight is 439 g/mol. The Hall–Kier alpha value is -3.32. The van der Waals surface area contributed by atoms with Crippen LogP contribution in [0.4, 0.5) is 11.4 Å². The number of para-hydroxylation sites is 1. The van der Waals surface area contributed by atoms with Crippen LogP contribution in [-0.4, -0.2) is 27.1 Å². The van der Waals surface area contributed by atoms with Crippen LogP contribution in [0.15, 0.2) is 66.7 Å². The van der Waals surface area contributed by atoms with Gasteiger partial charge in [-0.1, -0.05) is 35.9 Å². The molecule has 0 aliphatic carbocycles. The second-order valence-electron chi connectivity index (χ2n) is 7.50. The largest absolute Gasteiger partial charge is 0.457 e. The van der Waals surface area contributed by atoms with E-state index in [2.05, 4.69) is 5.32 Å². The summed E-state index contributed by atoms with van der Waals surface area (Å²) in [5.41, 5.74) is 4.05. The molecule has 0 saturated heterocycles. The lowest BCUT2D eigenvalue weighted by atomic mass is 10.1. The molecule has 0 radical (unpaired) electrons. The molecule has 0 saturated carbocycles. The van der Waals surface area contributed by atoms with Crippen molar-refractivity contribution in [3.05, 3.63) is 83.4 Å². The van der Waals surface area contributed by atoms with Gasteiger partial charge in [-0.25, -0.2) is 8.42 Å². The number of hydrogen-bond acceptors (Lipinski definition) is 4. The van der Waals surface area contributed by atoms with Gasteiger partial charge in [0, 0.05) is 5.69 Å². The Balaban J connectivity index is 1.77. The number of hydrogen-bond donors (Lipinski definition) is 1. The van der Waals surface area contributed by atoms with Crippen molar-refractivity contribution in [2.45, 2.75) is 20.8 Å². The van der Waals surface area contributed by atoms with E-state index in [1.165, 1.54) is 0 Å². The average Bonchev–Trinajstić information content (AvgIpc) is 2.70. The SMILES string of the molecule is Cc1cc(C)c(NC(=O)CN(c2ccc(Oc3ccccc3)cc2)S(C)(=O)=O)c(C)c1. The molecule has 0 atom stereocenters. The Morgan fingerprint density at radius 1 is 0.903 bits per heavy atom. The third-order valence-corrected chi connectivity index (χ3v) is 5.87. The number of aryl methyl sites for hydroxylation is 3. The van der Waals surface area contributed by atoms with Gasteiger partial charge in [0.15, 0.2) is 0 Å². The van der Waals surface area contributed by atoms with E-state index < -0.39 is 15.9 Å². The lowest BCUT2D eigenvalue weighted by molar-refractivity contribution is -0.114. The molecule has 6 nitrogen and oxygen atoms in total. The van der Waals surface area contributed by atoms with Crippen LogP contribution < -0.4 is 14.4 Å². The second kappa shape index (κ2) is 9.22. The number of anilines is 2. The monoisotopic (exact) mass is 438 g/mol. The molecule has 1 N–H and O–H groups in total. The van der Waals surface area contributed by atoms with Crippen molar-refractivity contribution in [3.8, 4) is 11.5 Å². The first kappa shape index (κ1) is 22.4. The van der Waals surface area contributed by atoms with Gasteiger partial charge in [-0.3, -0.25) is 9.10 Å². The number of sulfonamides is 1. The van der Waals surface area contributed by atoms with E-state index in [0.29, 0.717) is 22.9 Å². The van der Waals surface area contributed by atoms with Crippen molar-refractivity contribution in [2.75, 3.05) is 22.4 Å². The Kier molecular flexibility index (Phi) is 6.65. The molecule has 3 rings (SSSR count). The lowest BCUT2D eigenvalue weighted by Gasteiger charge is -2.23. The molecule has 0 aromatic heterocycles. The molecule has 0 unspecified atom stereocenters. The number of amides is 1. The minimum absolute atomic E-state index is 0.329. The molecule has 162 valence electrons. The minimum atomic E-state index is -3.67. The van der Waals surface area contributed by atoms with Crippen LogP contribution in [0.3, 0.4) is 0 Å². The van der Waals surface area contributed by atoms with E-state index in [4.69, 9.17) is 4.74 Å². The van der Waals surface area contributed by atoms with Gasteiger partial charge in [-0.2, -0.15) is 0 Å². The third-order valence-electron chi connectivity index (χ3n) is 4.73. The minimum Gasteiger partial charge on any atom is -0.457 e. The summed E-state index contributed by atoms with van der Waals surface area (Å²) < 4.78 is 31.6. The van der Waals surface area contributed by atoms with Gasteiger partial charge in [0.2, 0.25) is 15.9 Å². The topological polar surface area (TPSA) is 75.7 Å². The number of rotatable bonds is 7. The fraction of sp³-hybridized carbons (Fsp3) is 0.208. The summed E-state index contributed by atoms with van der Waals surface area (Å²) in [5.74, 6) is 0.835. The molecule has 0 heterocycles. The molecule has 0 aliphatic rings. The number of carbonyl (C=O) groups excluding carboxylic acids is 1. The van der Waals surface area contributed by atoms with Crippen molar-refractivity contribution in [1.29, 1.82) is 0 Å². The van der Waals surface area contributed by atoms with Gasteiger partial charge in [-0.05, 0) is 68.3 Å². The van der Waals surface area contributed by atoms with Crippen molar-refractivity contribution in [2.24, 2.45) is 0 Å². The third kappa shape index (κ3) is 5.86. The summed E-state index contributed by atoms with van der Waals surface area (Å²) in [7, 11) is -3.67. The Morgan fingerprint density at radius 3 is 2.00 bits per heavy atom. The van der Waals surface area contributed by atoms with E-state index in [1.807, 2.05) is 63.2 Å². The smallest absolute Gasteiger partial charge is 0.245 e. The first-order valence-electron chi connectivity index (χ1n) is 9.82. The Bertz CT molecular complexity index is 1150. The normalized spacial score (nSPS) is 11.1. The molecule has 3 aromatic carbocycles. The molecular weight excluding hydrogens is 412 g/mol.